The van der Waals surface area contributed by atoms with Crippen molar-refractivity contribution in [1.82, 2.24) is 15.2 Å². The zero-order valence-corrected chi connectivity index (χ0v) is 11.2. The number of aromatic nitrogens is 3. The third-order valence-corrected chi connectivity index (χ3v) is 4.31. The number of nitrogens with zero attached hydrogens (tertiary/aromatic N) is 3. The van der Waals surface area contributed by atoms with E-state index in [-0.39, 0.29) is 5.91 Å². The van der Waals surface area contributed by atoms with Gasteiger partial charge in [0.15, 0.2) is 5.69 Å². The Bertz CT molecular complexity index is 564. The van der Waals surface area contributed by atoms with Gasteiger partial charge in [0, 0.05) is 12.1 Å². The molecule has 0 aromatic carbocycles. The van der Waals surface area contributed by atoms with Crippen molar-refractivity contribution in [1.29, 1.82) is 0 Å². The number of H-pyrrole nitrogens is 1. The van der Waals surface area contributed by atoms with Crippen LogP contribution in [0.3, 0.4) is 0 Å². The number of thiazole rings is 1. The summed E-state index contributed by atoms with van der Waals surface area (Å²) >= 11 is 4.76. The highest BCUT2D eigenvalue weighted by Crippen LogP contribution is 2.28. The minimum Gasteiger partial charge on any atom is -0.291 e. The van der Waals surface area contributed by atoms with Crippen molar-refractivity contribution in [3.8, 4) is 0 Å². The smallest absolute Gasteiger partial charge is 0.280 e. The third-order valence-electron chi connectivity index (χ3n) is 2.76. The van der Waals surface area contributed by atoms with Crippen molar-refractivity contribution in [3.05, 3.63) is 26.8 Å². The number of carbonyl (C=O) groups is 1. The van der Waals surface area contributed by atoms with Crippen LogP contribution >= 0.6 is 27.3 Å². The predicted molar refractivity (Wildman–Crippen MR) is 68.4 cm³/mol. The Morgan fingerprint density at radius 3 is 3.24 bits per heavy atom. The summed E-state index contributed by atoms with van der Waals surface area (Å²) in [5, 5.41) is 6.88. The van der Waals surface area contributed by atoms with Crippen LogP contribution in [0.4, 0.5) is 5.82 Å². The van der Waals surface area contributed by atoms with Gasteiger partial charge >= 0.3 is 0 Å². The minimum absolute atomic E-state index is 0.0803. The molecule has 0 spiro atoms. The van der Waals surface area contributed by atoms with Gasteiger partial charge in [0.05, 0.1) is 11.7 Å². The Morgan fingerprint density at radius 1 is 1.59 bits per heavy atom. The van der Waals surface area contributed by atoms with E-state index in [1.165, 1.54) is 11.3 Å². The topological polar surface area (TPSA) is 61.9 Å². The summed E-state index contributed by atoms with van der Waals surface area (Å²) in [5.41, 5.74) is 3.23. The van der Waals surface area contributed by atoms with E-state index in [1.54, 1.807) is 16.6 Å². The van der Waals surface area contributed by atoms with E-state index in [1.807, 2.05) is 0 Å². The maximum Gasteiger partial charge on any atom is 0.280 e. The standard InChI is InChI=1S/C10H9BrN4OS/c11-8-7(12-5-17-8)10(16)15-3-1-2-6-4-13-14-9(6)15/h4-5H,1-3H2,(H,13,14). The van der Waals surface area contributed by atoms with Crippen molar-refractivity contribution in [2.45, 2.75) is 12.8 Å². The van der Waals surface area contributed by atoms with Crippen LogP contribution in [0, 0.1) is 0 Å². The number of aromatic amines is 1. The lowest BCUT2D eigenvalue weighted by Crippen LogP contribution is -2.35. The highest BCUT2D eigenvalue weighted by Gasteiger charge is 2.27. The lowest BCUT2D eigenvalue weighted by atomic mass is 10.1. The van der Waals surface area contributed by atoms with Gasteiger partial charge in [-0.15, -0.1) is 11.3 Å². The molecule has 0 saturated heterocycles. The Kier molecular flexibility index (Phi) is 2.71. The first-order valence-electron chi connectivity index (χ1n) is 5.20. The number of aryl methyl sites for hydroxylation is 1. The molecule has 1 amide bonds. The van der Waals surface area contributed by atoms with Crippen molar-refractivity contribution < 1.29 is 4.79 Å². The maximum absolute atomic E-state index is 12.3. The number of hydrogen-bond acceptors (Lipinski definition) is 4. The van der Waals surface area contributed by atoms with Gasteiger partial charge in [-0.1, -0.05) is 0 Å². The molecular formula is C10H9BrN4OS. The summed E-state index contributed by atoms with van der Waals surface area (Å²) in [5.74, 6) is 0.726. The number of halogens is 1. The summed E-state index contributed by atoms with van der Waals surface area (Å²) < 4.78 is 0.772. The molecule has 88 valence electrons. The first kappa shape index (κ1) is 10.9. The van der Waals surface area contributed by atoms with E-state index in [0.29, 0.717) is 12.2 Å². The Hall–Kier alpha value is -1.21. The molecular weight excluding hydrogens is 304 g/mol. The molecule has 0 atom stereocenters. The van der Waals surface area contributed by atoms with E-state index >= 15 is 0 Å². The molecule has 17 heavy (non-hydrogen) atoms. The minimum atomic E-state index is -0.0803. The normalized spacial score (nSPS) is 14.8. The fraction of sp³-hybridized carbons (Fsp3) is 0.300. The number of fused-ring (bicyclic) bond motifs is 1. The molecule has 2 aromatic heterocycles. The number of rotatable bonds is 1. The van der Waals surface area contributed by atoms with Gasteiger partial charge < -0.3 is 0 Å². The van der Waals surface area contributed by atoms with Gasteiger partial charge in [-0.05, 0) is 28.8 Å². The second kappa shape index (κ2) is 4.23. The molecule has 5 nitrogen and oxygen atoms in total. The van der Waals surface area contributed by atoms with Gasteiger partial charge in [-0.3, -0.25) is 14.8 Å². The summed E-state index contributed by atoms with van der Waals surface area (Å²) in [6, 6.07) is 0. The quantitative estimate of drug-likeness (QED) is 0.878. The summed E-state index contributed by atoms with van der Waals surface area (Å²) in [4.78, 5) is 18.1. The molecule has 3 heterocycles. The second-order valence-corrected chi connectivity index (χ2v) is 5.95. The molecule has 0 unspecified atom stereocenters. The zero-order valence-electron chi connectivity index (χ0n) is 8.81. The molecule has 1 aliphatic rings. The van der Waals surface area contributed by atoms with Crippen LogP contribution in [0.25, 0.3) is 0 Å². The highest BCUT2D eigenvalue weighted by atomic mass is 79.9. The van der Waals surface area contributed by atoms with Crippen LogP contribution in [0.2, 0.25) is 0 Å². The molecule has 3 rings (SSSR count). The monoisotopic (exact) mass is 312 g/mol. The fourth-order valence-corrected chi connectivity index (χ4v) is 2.99. The van der Waals surface area contributed by atoms with E-state index in [0.717, 1.165) is 28.0 Å². The molecule has 0 saturated carbocycles. The lowest BCUT2D eigenvalue weighted by Gasteiger charge is -2.25. The maximum atomic E-state index is 12.3. The first-order chi connectivity index (χ1) is 8.27. The van der Waals surface area contributed by atoms with Crippen molar-refractivity contribution in [2.75, 3.05) is 11.4 Å². The molecule has 7 heteroatoms. The molecule has 1 N–H and O–H groups in total. The van der Waals surface area contributed by atoms with Crippen molar-refractivity contribution >= 4 is 39.0 Å². The average Bonchev–Trinajstić information content (AvgIpc) is 2.95. The lowest BCUT2D eigenvalue weighted by molar-refractivity contribution is 0.0979. The van der Waals surface area contributed by atoms with Gasteiger partial charge in [-0.2, -0.15) is 5.10 Å². The Morgan fingerprint density at radius 2 is 2.47 bits per heavy atom. The van der Waals surface area contributed by atoms with E-state index in [4.69, 9.17) is 0 Å². The number of carbonyl (C=O) groups excluding carboxylic acids is 1. The number of amides is 1. The van der Waals surface area contributed by atoms with Gasteiger partial charge in [0.25, 0.3) is 5.91 Å². The molecule has 0 bridgehead atoms. The molecule has 0 fully saturated rings. The van der Waals surface area contributed by atoms with Crippen LogP contribution in [0.15, 0.2) is 15.5 Å². The van der Waals surface area contributed by atoms with Crippen molar-refractivity contribution in [3.63, 3.8) is 0 Å². The summed E-state index contributed by atoms with van der Waals surface area (Å²) in [6.07, 6.45) is 3.71. The van der Waals surface area contributed by atoms with Gasteiger partial charge in [0.2, 0.25) is 0 Å². The Balaban J connectivity index is 1.97. The summed E-state index contributed by atoms with van der Waals surface area (Å²) in [7, 11) is 0. The van der Waals surface area contributed by atoms with Gasteiger partial charge in [0.1, 0.15) is 9.60 Å². The molecule has 0 aliphatic carbocycles. The van der Waals surface area contributed by atoms with Crippen LogP contribution in [0.5, 0.6) is 0 Å². The third kappa shape index (κ3) is 1.79. The predicted octanol–water partition coefficient (Wildman–Crippen LogP) is 2.22. The van der Waals surface area contributed by atoms with E-state index < -0.39 is 0 Å². The molecule has 1 aliphatic heterocycles. The van der Waals surface area contributed by atoms with Crippen molar-refractivity contribution in [2.24, 2.45) is 0 Å². The van der Waals surface area contributed by atoms with Crippen LogP contribution in [0.1, 0.15) is 22.5 Å². The molecule has 2 aromatic rings. The largest absolute Gasteiger partial charge is 0.291 e. The average molecular weight is 313 g/mol. The number of hydrogen-bond donors (Lipinski definition) is 1. The SMILES string of the molecule is O=C(c1ncsc1Br)N1CCCc2cn[nH]c21. The molecule has 0 radical (unpaired) electrons. The number of nitrogens with one attached hydrogen (secondary N) is 1. The van der Waals surface area contributed by atoms with Crippen LogP contribution in [-0.4, -0.2) is 27.6 Å². The van der Waals surface area contributed by atoms with E-state index in [9.17, 15) is 4.79 Å². The number of anilines is 1. The highest BCUT2D eigenvalue weighted by molar-refractivity contribution is 9.11. The van der Waals surface area contributed by atoms with Gasteiger partial charge in [-0.25, -0.2) is 4.98 Å². The summed E-state index contributed by atoms with van der Waals surface area (Å²) in [6.45, 7) is 0.706. The first-order valence-corrected chi connectivity index (χ1v) is 6.87. The fourth-order valence-electron chi connectivity index (χ4n) is 1.96. The van der Waals surface area contributed by atoms with Crippen LogP contribution in [-0.2, 0) is 6.42 Å². The zero-order chi connectivity index (χ0) is 11.8. The second-order valence-electron chi connectivity index (χ2n) is 3.78. The van der Waals surface area contributed by atoms with Crippen LogP contribution < -0.4 is 4.90 Å². The van der Waals surface area contributed by atoms with E-state index in [2.05, 4.69) is 31.1 Å². The Labute approximate surface area is 110 Å².